The van der Waals surface area contributed by atoms with Gasteiger partial charge in [0.2, 0.25) is 11.2 Å². The van der Waals surface area contributed by atoms with Crippen LogP contribution in [-0.4, -0.2) is 18.2 Å². The molecule has 100 valence electrons. The number of hydrogen-bond acceptors (Lipinski definition) is 6. The molecule has 0 saturated carbocycles. The molecule has 6 nitrogen and oxygen atoms in total. The van der Waals surface area contributed by atoms with Crippen LogP contribution in [0.15, 0.2) is 21.3 Å². The summed E-state index contributed by atoms with van der Waals surface area (Å²) in [6.07, 6.45) is 0. The Labute approximate surface area is 108 Å². The fraction of sp³-hybridized carbons (Fsp3) is 0.231. The molecule has 2 aromatic rings. The maximum atomic E-state index is 12.2. The molecule has 0 spiro atoms. The number of rotatable bonds is 2. The van der Waals surface area contributed by atoms with Gasteiger partial charge in [0.1, 0.15) is 28.2 Å². The Balaban J connectivity index is 2.81. The van der Waals surface area contributed by atoms with Crippen LogP contribution in [0.3, 0.4) is 0 Å². The van der Waals surface area contributed by atoms with Crippen molar-refractivity contribution in [2.45, 2.75) is 13.8 Å². The summed E-state index contributed by atoms with van der Waals surface area (Å²) in [5, 5.41) is 9.78. The molecule has 1 aromatic heterocycles. The number of phenolic OH excluding ortho intramolecular Hbond substituents is 1. The molecule has 0 unspecified atom stereocenters. The number of benzene rings is 1. The average molecular weight is 264 g/mol. The maximum absolute atomic E-state index is 12.2. The molecule has 6 heteroatoms. The number of fused-ring (bicyclic) bond motifs is 1. The van der Waals surface area contributed by atoms with Crippen molar-refractivity contribution in [1.29, 1.82) is 0 Å². The van der Waals surface area contributed by atoms with Gasteiger partial charge in [0, 0.05) is 19.1 Å². The van der Waals surface area contributed by atoms with Gasteiger partial charge in [-0.15, -0.1) is 0 Å². The van der Waals surface area contributed by atoms with Crippen molar-refractivity contribution in [3.8, 4) is 17.2 Å². The Morgan fingerprint density at radius 3 is 2.63 bits per heavy atom. The second-order valence-corrected chi connectivity index (χ2v) is 3.93. The molecule has 0 bridgehead atoms. The number of methoxy groups -OCH3 is 1. The van der Waals surface area contributed by atoms with Gasteiger partial charge >= 0.3 is 5.97 Å². The molecular formula is C13H12O6. The van der Waals surface area contributed by atoms with Gasteiger partial charge in [0.15, 0.2) is 0 Å². The number of aromatic hydroxyl groups is 1. The molecule has 1 aromatic carbocycles. The largest absolute Gasteiger partial charge is 0.507 e. The molecule has 0 amide bonds. The van der Waals surface area contributed by atoms with Crippen LogP contribution in [0.1, 0.15) is 12.7 Å². The van der Waals surface area contributed by atoms with Crippen LogP contribution in [0.2, 0.25) is 0 Å². The minimum atomic E-state index is -0.636. The molecule has 0 aliphatic rings. The number of hydrogen-bond donors (Lipinski definition) is 1. The first-order valence-corrected chi connectivity index (χ1v) is 5.47. The zero-order chi connectivity index (χ0) is 14.2. The molecule has 2 rings (SSSR count). The van der Waals surface area contributed by atoms with E-state index in [2.05, 4.69) is 0 Å². The number of ether oxygens (including phenoxy) is 2. The van der Waals surface area contributed by atoms with Gasteiger partial charge < -0.3 is 19.0 Å². The highest BCUT2D eigenvalue weighted by Crippen LogP contribution is 2.31. The molecule has 0 saturated heterocycles. The molecule has 0 fully saturated rings. The smallest absolute Gasteiger partial charge is 0.308 e. The van der Waals surface area contributed by atoms with Crippen molar-refractivity contribution >= 4 is 16.9 Å². The van der Waals surface area contributed by atoms with E-state index >= 15 is 0 Å². The summed E-state index contributed by atoms with van der Waals surface area (Å²) < 4.78 is 15.2. The fourth-order valence-corrected chi connectivity index (χ4v) is 1.75. The van der Waals surface area contributed by atoms with Gasteiger partial charge in [0.25, 0.3) is 0 Å². The zero-order valence-corrected chi connectivity index (χ0v) is 10.6. The number of carbonyl (C=O) groups excluding carboxylic acids is 1. The Kier molecular flexibility index (Phi) is 3.16. The summed E-state index contributed by atoms with van der Waals surface area (Å²) in [6.45, 7) is 2.67. The van der Waals surface area contributed by atoms with Crippen molar-refractivity contribution in [3.05, 3.63) is 28.1 Å². The van der Waals surface area contributed by atoms with E-state index in [4.69, 9.17) is 13.9 Å². The molecule has 1 N–H and O–H groups in total. The molecule has 1 heterocycles. The lowest BCUT2D eigenvalue weighted by molar-refractivity contribution is -0.132. The topological polar surface area (TPSA) is 86.0 Å². The Morgan fingerprint density at radius 1 is 1.37 bits per heavy atom. The van der Waals surface area contributed by atoms with Crippen LogP contribution in [0, 0.1) is 6.92 Å². The minimum absolute atomic E-state index is 0.0531. The minimum Gasteiger partial charge on any atom is -0.507 e. The lowest BCUT2D eigenvalue weighted by Crippen LogP contribution is -2.13. The fourth-order valence-electron chi connectivity index (χ4n) is 1.75. The first-order valence-electron chi connectivity index (χ1n) is 5.47. The summed E-state index contributed by atoms with van der Waals surface area (Å²) in [5.41, 5.74) is -0.440. The second kappa shape index (κ2) is 4.64. The molecule has 0 atom stereocenters. The van der Waals surface area contributed by atoms with Crippen LogP contribution in [0.4, 0.5) is 0 Å². The highest BCUT2D eigenvalue weighted by Gasteiger charge is 2.18. The quantitative estimate of drug-likeness (QED) is 0.831. The van der Waals surface area contributed by atoms with Crippen molar-refractivity contribution in [2.24, 2.45) is 0 Å². The molecule has 0 radical (unpaired) electrons. The number of phenols is 1. The highest BCUT2D eigenvalue weighted by atomic mass is 16.5. The van der Waals surface area contributed by atoms with Crippen molar-refractivity contribution < 1.29 is 23.8 Å². The molecule has 0 aliphatic carbocycles. The van der Waals surface area contributed by atoms with Gasteiger partial charge in [-0.1, -0.05) is 0 Å². The van der Waals surface area contributed by atoms with Gasteiger partial charge in [-0.2, -0.15) is 0 Å². The van der Waals surface area contributed by atoms with Gasteiger partial charge in [-0.05, 0) is 6.92 Å². The maximum Gasteiger partial charge on any atom is 0.308 e. The van der Waals surface area contributed by atoms with Gasteiger partial charge in [-0.3, -0.25) is 9.59 Å². The van der Waals surface area contributed by atoms with E-state index < -0.39 is 11.4 Å². The summed E-state index contributed by atoms with van der Waals surface area (Å²) in [6, 6.07) is 2.76. The normalized spacial score (nSPS) is 10.5. The van der Waals surface area contributed by atoms with E-state index in [0.29, 0.717) is 5.75 Å². The second-order valence-electron chi connectivity index (χ2n) is 3.93. The summed E-state index contributed by atoms with van der Waals surface area (Å²) in [4.78, 5) is 23.1. The lowest BCUT2D eigenvalue weighted by Gasteiger charge is -2.08. The Morgan fingerprint density at radius 2 is 2.05 bits per heavy atom. The molecular weight excluding hydrogens is 252 g/mol. The molecule has 19 heavy (non-hydrogen) atoms. The Hall–Kier alpha value is -2.50. The predicted octanol–water partition coefficient (Wildman–Crippen LogP) is 1.74. The third-order valence-electron chi connectivity index (χ3n) is 2.55. The third kappa shape index (κ3) is 2.24. The van der Waals surface area contributed by atoms with Crippen molar-refractivity contribution in [1.82, 2.24) is 0 Å². The van der Waals surface area contributed by atoms with E-state index in [9.17, 15) is 14.7 Å². The van der Waals surface area contributed by atoms with Crippen LogP contribution < -0.4 is 14.9 Å². The lowest BCUT2D eigenvalue weighted by atomic mass is 10.2. The van der Waals surface area contributed by atoms with Gasteiger partial charge in [-0.25, -0.2) is 0 Å². The van der Waals surface area contributed by atoms with E-state index in [0.717, 1.165) is 0 Å². The van der Waals surface area contributed by atoms with E-state index in [1.54, 1.807) is 0 Å². The van der Waals surface area contributed by atoms with Crippen LogP contribution >= 0.6 is 0 Å². The first-order chi connectivity index (χ1) is 8.93. The van der Waals surface area contributed by atoms with E-state index in [1.807, 2.05) is 0 Å². The molecule has 0 aliphatic heterocycles. The summed E-state index contributed by atoms with van der Waals surface area (Å²) in [5.74, 6) is -0.646. The van der Waals surface area contributed by atoms with E-state index in [1.165, 1.54) is 33.1 Å². The summed E-state index contributed by atoms with van der Waals surface area (Å²) >= 11 is 0. The first kappa shape index (κ1) is 12.9. The van der Waals surface area contributed by atoms with Crippen LogP contribution in [0.25, 0.3) is 11.0 Å². The van der Waals surface area contributed by atoms with E-state index in [-0.39, 0.29) is 28.2 Å². The number of esters is 1. The predicted molar refractivity (Wildman–Crippen MR) is 66.7 cm³/mol. The Bertz CT molecular complexity index is 713. The zero-order valence-electron chi connectivity index (χ0n) is 10.6. The SMILES string of the molecule is COc1cc(O)c2c(=O)c(OC(C)=O)c(C)oc2c1. The highest BCUT2D eigenvalue weighted by molar-refractivity contribution is 5.86. The number of carbonyl (C=O) groups is 1. The van der Waals surface area contributed by atoms with Gasteiger partial charge in [0.05, 0.1) is 7.11 Å². The van der Waals surface area contributed by atoms with Crippen molar-refractivity contribution in [2.75, 3.05) is 7.11 Å². The summed E-state index contributed by atoms with van der Waals surface area (Å²) in [7, 11) is 1.43. The average Bonchev–Trinajstić information content (AvgIpc) is 2.33. The van der Waals surface area contributed by atoms with Crippen LogP contribution in [0.5, 0.6) is 17.2 Å². The number of aryl methyl sites for hydroxylation is 1. The monoisotopic (exact) mass is 264 g/mol. The third-order valence-corrected chi connectivity index (χ3v) is 2.55. The standard InChI is InChI=1S/C13H12O6/c1-6-13(19-7(2)14)12(16)11-9(15)4-8(17-3)5-10(11)18-6/h4-5,15H,1-3H3. The van der Waals surface area contributed by atoms with Crippen molar-refractivity contribution in [3.63, 3.8) is 0 Å². The van der Waals surface area contributed by atoms with Crippen LogP contribution in [-0.2, 0) is 4.79 Å².